The minimum atomic E-state index is -5.45. The van der Waals surface area contributed by atoms with Gasteiger partial charge in [-0.15, -0.1) is 0 Å². The molecular formula is C4H7F4NaO3S. The van der Waals surface area contributed by atoms with E-state index in [0.29, 0.717) is 0 Å². The molecule has 0 heterocycles. The van der Waals surface area contributed by atoms with Crippen molar-refractivity contribution in [1.82, 2.24) is 0 Å². The third-order valence-electron chi connectivity index (χ3n) is 1.14. The number of halogens is 4. The Kier molecular flexibility index (Phi) is 6.80. The van der Waals surface area contributed by atoms with Crippen LogP contribution in [-0.2, 0) is 14.5 Å². The molecule has 0 spiro atoms. The SMILES string of the molecule is CCC(F)(F)C(F)S(=O)(=O)OF.[NaH]. The zero-order valence-electron chi connectivity index (χ0n) is 5.93. The van der Waals surface area contributed by atoms with Gasteiger partial charge in [0.2, 0.25) is 0 Å². The summed E-state index contributed by atoms with van der Waals surface area (Å²) in [7, 11) is -5.45. The van der Waals surface area contributed by atoms with Crippen LogP contribution in [0.2, 0.25) is 0 Å². The van der Waals surface area contributed by atoms with Gasteiger partial charge in [-0.05, 0) is 4.53 Å². The van der Waals surface area contributed by atoms with Crippen molar-refractivity contribution in [1.29, 1.82) is 0 Å². The Morgan fingerprint density at radius 1 is 1.46 bits per heavy atom. The molecular weight excluding hydrogens is 227 g/mol. The third-order valence-corrected chi connectivity index (χ3v) is 2.17. The monoisotopic (exact) mass is 234 g/mol. The molecule has 0 rings (SSSR count). The molecule has 0 radical (unpaired) electrons. The van der Waals surface area contributed by atoms with Crippen LogP contribution in [0.15, 0.2) is 0 Å². The fourth-order valence-electron chi connectivity index (χ4n) is 0.404. The van der Waals surface area contributed by atoms with Crippen LogP contribution < -0.4 is 0 Å². The van der Waals surface area contributed by atoms with Gasteiger partial charge in [0.25, 0.3) is 11.4 Å². The predicted octanol–water partition coefficient (Wildman–Crippen LogP) is 0.910. The molecule has 0 aromatic carbocycles. The minimum absolute atomic E-state index is 0. The fourth-order valence-corrected chi connectivity index (χ4v) is 1.06. The third kappa shape index (κ3) is 4.11. The Morgan fingerprint density at radius 3 is 2.08 bits per heavy atom. The van der Waals surface area contributed by atoms with Crippen LogP contribution in [0.25, 0.3) is 0 Å². The predicted molar refractivity (Wildman–Crippen MR) is 38.4 cm³/mol. The van der Waals surface area contributed by atoms with Gasteiger partial charge in [-0.2, -0.15) is 8.42 Å². The first-order chi connectivity index (χ1) is 5.28. The molecule has 0 saturated heterocycles. The van der Waals surface area contributed by atoms with E-state index in [1.165, 1.54) is 0 Å². The molecule has 13 heavy (non-hydrogen) atoms. The van der Waals surface area contributed by atoms with Gasteiger partial charge in [-0.1, -0.05) is 11.3 Å². The molecule has 1 unspecified atom stereocenters. The fraction of sp³-hybridized carbons (Fsp3) is 1.00. The normalized spacial score (nSPS) is 14.8. The summed E-state index contributed by atoms with van der Waals surface area (Å²) in [4.78, 5) is 0. The Morgan fingerprint density at radius 2 is 1.85 bits per heavy atom. The van der Waals surface area contributed by atoms with Gasteiger partial charge in [0.15, 0.2) is 0 Å². The molecule has 0 N–H and O–H groups in total. The molecule has 0 saturated carbocycles. The first kappa shape index (κ1) is 16.1. The van der Waals surface area contributed by atoms with Gasteiger partial charge in [0, 0.05) is 6.42 Å². The van der Waals surface area contributed by atoms with Crippen molar-refractivity contribution in [3.8, 4) is 0 Å². The number of alkyl halides is 3. The molecule has 0 fully saturated rings. The molecule has 0 aliphatic rings. The van der Waals surface area contributed by atoms with Crippen LogP contribution >= 0.6 is 0 Å². The summed E-state index contributed by atoms with van der Waals surface area (Å²) in [5.41, 5.74) is -3.67. The molecule has 1 atom stereocenters. The second kappa shape index (κ2) is 5.50. The van der Waals surface area contributed by atoms with Crippen LogP contribution in [0.5, 0.6) is 0 Å². The summed E-state index contributed by atoms with van der Waals surface area (Å²) >= 11 is 0. The van der Waals surface area contributed by atoms with E-state index in [1.54, 1.807) is 0 Å². The van der Waals surface area contributed by atoms with Crippen molar-refractivity contribution in [2.45, 2.75) is 24.8 Å². The molecule has 0 aromatic heterocycles. The summed E-state index contributed by atoms with van der Waals surface area (Å²) in [6.45, 7) is 0.861. The van der Waals surface area contributed by atoms with Crippen molar-refractivity contribution < 1.29 is 30.5 Å². The van der Waals surface area contributed by atoms with Crippen molar-refractivity contribution in [3.05, 3.63) is 0 Å². The van der Waals surface area contributed by atoms with E-state index in [4.69, 9.17) is 0 Å². The molecule has 76 valence electrons. The zero-order chi connectivity index (χ0) is 9.99. The van der Waals surface area contributed by atoms with E-state index in [9.17, 15) is 26.1 Å². The quantitative estimate of drug-likeness (QED) is 0.536. The Balaban J connectivity index is 0. The Hall–Kier alpha value is 0.630. The van der Waals surface area contributed by atoms with Gasteiger partial charge in [0.1, 0.15) is 0 Å². The molecule has 9 heteroatoms. The summed E-state index contributed by atoms with van der Waals surface area (Å²) < 4.78 is 69.9. The summed E-state index contributed by atoms with van der Waals surface area (Å²) in [5.74, 6) is -4.13. The van der Waals surface area contributed by atoms with Crippen LogP contribution in [0.3, 0.4) is 0 Å². The van der Waals surface area contributed by atoms with Crippen LogP contribution in [-0.4, -0.2) is 49.4 Å². The van der Waals surface area contributed by atoms with E-state index in [1.807, 2.05) is 0 Å². The maximum absolute atomic E-state index is 12.3. The molecule has 0 amide bonds. The van der Waals surface area contributed by atoms with Gasteiger partial charge < -0.3 is 0 Å². The molecule has 0 aliphatic heterocycles. The molecule has 0 bridgehead atoms. The zero-order valence-corrected chi connectivity index (χ0v) is 6.75. The maximum atomic E-state index is 12.3. The van der Waals surface area contributed by atoms with Crippen LogP contribution in [0.1, 0.15) is 13.3 Å². The number of hydrogen-bond acceptors (Lipinski definition) is 3. The second-order valence-corrected chi connectivity index (χ2v) is 3.51. The van der Waals surface area contributed by atoms with Crippen LogP contribution in [0, 0.1) is 0 Å². The first-order valence-corrected chi connectivity index (χ1v) is 4.31. The number of hydrogen-bond donors (Lipinski definition) is 0. The van der Waals surface area contributed by atoms with Gasteiger partial charge in [-0.3, -0.25) is 0 Å². The van der Waals surface area contributed by atoms with Gasteiger partial charge in [-0.25, -0.2) is 13.2 Å². The molecule has 3 nitrogen and oxygen atoms in total. The standard InChI is InChI=1S/C4H6F4O3S.Na.H/c1-2-4(6,7)3(5)12(9,10)11-8;;/h3H,2H2,1H3;;. The van der Waals surface area contributed by atoms with E-state index >= 15 is 0 Å². The summed E-state index contributed by atoms with van der Waals surface area (Å²) in [6, 6.07) is 0. The second-order valence-electron chi connectivity index (χ2n) is 1.99. The Bertz CT molecular complexity index is 242. The van der Waals surface area contributed by atoms with Crippen molar-refractivity contribution in [2.24, 2.45) is 0 Å². The topological polar surface area (TPSA) is 43.4 Å². The summed E-state index contributed by atoms with van der Waals surface area (Å²) in [6.07, 6.45) is -1.06. The van der Waals surface area contributed by atoms with E-state index in [0.717, 1.165) is 6.92 Å². The van der Waals surface area contributed by atoms with Crippen molar-refractivity contribution >= 4 is 39.7 Å². The van der Waals surface area contributed by atoms with E-state index in [-0.39, 0.29) is 29.6 Å². The average molecular weight is 234 g/mol. The van der Waals surface area contributed by atoms with Crippen LogP contribution in [0.4, 0.5) is 17.7 Å². The van der Waals surface area contributed by atoms with Gasteiger partial charge in [0.05, 0.1) is 0 Å². The first-order valence-electron chi connectivity index (χ1n) is 2.84. The van der Waals surface area contributed by atoms with Crippen molar-refractivity contribution in [3.63, 3.8) is 0 Å². The van der Waals surface area contributed by atoms with Crippen molar-refractivity contribution in [2.75, 3.05) is 0 Å². The van der Waals surface area contributed by atoms with Gasteiger partial charge >= 0.3 is 39.7 Å². The van der Waals surface area contributed by atoms with E-state index in [2.05, 4.69) is 4.39 Å². The molecule has 0 aromatic rings. The van der Waals surface area contributed by atoms with E-state index < -0.39 is 28.0 Å². The summed E-state index contributed by atoms with van der Waals surface area (Å²) in [5, 5.41) is 0. The Labute approximate surface area is 94.8 Å². The molecule has 0 aliphatic carbocycles. The average Bonchev–Trinajstić information content (AvgIpc) is 2.03. The number of rotatable bonds is 4.